The number of ether oxygens (including phenoxy) is 2. The molecule has 1 N–H and O–H groups in total. The van der Waals surface area contributed by atoms with Crippen molar-refractivity contribution in [1.82, 2.24) is 9.80 Å². The van der Waals surface area contributed by atoms with Crippen LogP contribution in [0, 0.1) is 5.92 Å². The summed E-state index contributed by atoms with van der Waals surface area (Å²) in [5, 5.41) is 9.62. The predicted octanol–water partition coefficient (Wildman–Crippen LogP) is 2.29. The van der Waals surface area contributed by atoms with Crippen molar-refractivity contribution in [2.24, 2.45) is 5.92 Å². The number of amides is 2. The third-order valence-electron chi connectivity index (χ3n) is 5.48. The third kappa shape index (κ3) is 4.84. The summed E-state index contributed by atoms with van der Waals surface area (Å²) in [7, 11) is 1.60. The Morgan fingerprint density at radius 1 is 1.17 bits per heavy atom. The van der Waals surface area contributed by atoms with Crippen LogP contribution in [-0.2, 0) is 14.3 Å². The van der Waals surface area contributed by atoms with Crippen molar-refractivity contribution in [2.75, 3.05) is 40.0 Å². The van der Waals surface area contributed by atoms with Crippen LogP contribution in [-0.4, -0.2) is 72.8 Å². The molecule has 0 radical (unpaired) electrons. The summed E-state index contributed by atoms with van der Waals surface area (Å²) in [6.07, 6.45) is 2.46. The number of aliphatic hydroxyl groups is 1. The number of benzene rings is 1. The fourth-order valence-corrected chi connectivity index (χ4v) is 4.08. The lowest BCUT2D eigenvalue weighted by Crippen LogP contribution is -2.40. The average Bonchev–Trinajstić information content (AvgIpc) is 2.99. The highest BCUT2D eigenvalue weighted by molar-refractivity contribution is 6.35. The van der Waals surface area contributed by atoms with Crippen molar-refractivity contribution >= 4 is 17.4 Å². The molecule has 0 bridgehead atoms. The standard InChI is InChI=1S/C23H32N2O5/c1-16(2)30-19-9-7-18(8-10-19)20-21(24-11-4-6-17(14-24)15-26)23(28)25(22(20)27)12-5-13-29-3/h7-10,16-17,26H,4-6,11-15H2,1-3H3. The first kappa shape index (κ1) is 22.3. The van der Waals surface area contributed by atoms with Gasteiger partial charge in [-0.1, -0.05) is 12.1 Å². The summed E-state index contributed by atoms with van der Waals surface area (Å²) < 4.78 is 10.8. The SMILES string of the molecule is COCCCN1C(=O)C(c2ccc(OC(C)C)cc2)=C(N2CCCC(CO)C2)C1=O. The fourth-order valence-electron chi connectivity index (χ4n) is 4.08. The summed E-state index contributed by atoms with van der Waals surface area (Å²) in [6, 6.07) is 7.34. The lowest BCUT2D eigenvalue weighted by molar-refractivity contribution is -0.137. The molecule has 0 aliphatic carbocycles. The molecule has 0 aromatic heterocycles. The molecular formula is C23H32N2O5. The van der Waals surface area contributed by atoms with E-state index < -0.39 is 0 Å². The van der Waals surface area contributed by atoms with E-state index in [-0.39, 0.29) is 30.4 Å². The Bertz CT molecular complexity index is 787. The van der Waals surface area contributed by atoms with Gasteiger partial charge in [-0.25, -0.2) is 0 Å². The number of carbonyl (C=O) groups excluding carboxylic acids is 2. The number of imide groups is 1. The summed E-state index contributed by atoms with van der Waals surface area (Å²) in [5.41, 5.74) is 1.60. The largest absolute Gasteiger partial charge is 0.491 e. The Morgan fingerprint density at radius 2 is 1.90 bits per heavy atom. The molecular weight excluding hydrogens is 384 g/mol. The normalized spacial score (nSPS) is 20.0. The zero-order valence-electron chi connectivity index (χ0n) is 18.1. The lowest BCUT2D eigenvalue weighted by Gasteiger charge is -2.34. The molecule has 7 nitrogen and oxygen atoms in total. The molecule has 1 aromatic carbocycles. The molecule has 2 heterocycles. The number of hydrogen-bond donors (Lipinski definition) is 1. The first-order chi connectivity index (χ1) is 14.5. The first-order valence-electron chi connectivity index (χ1n) is 10.7. The number of piperidine rings is 1. The smallest absolute Gasteiger partial charge is 0.277 e. The molecule has 2 amide bonds. The van der Waals surface area contributed by atoms with E-state index in [2.05, 4.69) is 0 Å². The van der Waals surface area contributed by atoms with Gasteiger partial charge in [-0.2, -0.15) is 0 Å². The Morgan fingerprint density at radius 3 is 2.53 bits per heavy atom. The Balaban J connectivity index is 1.94. The molecule has 164 valence electrons. The molecule has 2 aliphatic heterocycles. The minimum absolute atomic E-state index is 0.0559. The van der Waals surface area contributed by atoms with Gasteiger partial charge in [0.1, 0.15) is 11.4 Å². The molecule has 3 rings (SSSR count). The van der Waals surface area contributed by atoms with Gasteiger partial charge < -0.3 is 19.5 Å². The van der Waals surface area contributed by atoms with Crippen molar-refractivity contribution in [3.63, 3.8) is 0 Å². The van der Waals surface area contributed by atoms with Gasteiger partial charge in [-0.05, 0) is 56.7 Å². The van der Waals surface area contributed by atoms with Crippen LogP contribution < -0.4 is 4.74 Å². The number of carbonyl (C=O) groups is 2. The van der Waals surface area contributed by atoms with Crippen molar-refractivity contribution in [3.8, 4) is 5.75 Å². The van der Waals surface area contributed by atoms with Crippen molar-refractivity contribution in [3.05, 3.63) is 35.5 Å². The summed E-state index contributed by atoms with van der Waals surface area (Å²) in [4.78, 5) is 29.9. The van der Waals surface area contributed by atoms with Gasteiger partial charge in [-0.15, -0.1) is 0 Å². The van der Waals surface area contributed by atoms with Crippen LogP contribution in [0.15, 0.2) is 30.0 Å². The van der Waals surface area contributed by atoms with E-state index in [9.17, 15) is 14.7 Å². The number of methoxy groups -OCH3 is 1. The van der Waals surface area contributed by atoms with Crippen molar-refractivity contribution in [2.45, 2.75) is 39.2 Å². The maximum Gasteiger partial charge on any atom is 0.277 e. The van der Waals surface area contributed by atoms with Gasteiger partial charge in [0.05, 0.1) is 11.7 Å². The molecule has 1 atom stereocenters. The maximum absolute atomic E-state index is 13.3. The van der Waals surface area contributed by atoms with Crippen molar-refractivity contribution < 1.29 is 24.2 Å². The van der Waals surface area contributed by atoms with Crippen LogP contribution in [0.25, 0.3) is 5.57 Å². The zero-order valence-corrected chi connectivity index (χ0v) is 18.1. The zero-order chi connectivity index (χ0) is 21.7. The second-order valence-corrected chi connectivity index (χ2v) is 8.16. The van der Waals surface area contributed by atoms with E-state index in [4.69, 9.17) is 9.47 Å². The van der Waals surface area contributed by atoms with Crippen LogP contribution in [0.3, 0.4) is 0 Å². The molecule has 7 heteroatoms. The number of likely N-dealkylation sites (tertiary alicyclic amines) is 1. The van der Waals surface area contributed by atoms with Gasteiger partial charge >= 0.3 is 0 Å². The summed E-state index contributed by atoms with van der Waals surface area (Å²) in [6.45, 7) is 6.09. The van der Waals surface area contributed by atoms with Gasteiger partial charge in [0, 0.05) is 40.0 Å². The third-order valence-corrected chi connectivity index (χ3v) is 5.48. The van der Waals surface area contributed by atoms with Crippen LogP contribution in [0.1, 0.15) is 38.7 Å². The molecule has 1 fully saturated rings. The molecule has 2 aliphatic rings. The fraction of sp³-hybridized carbons (Fsp3) is 0.565. The molecule has 1 saturated heterocycles. The van der Waals surface area contributed by atoms with E-state index in [1.807, 2.05) is 43.0 Å². The van der Waals surface area contributed by atoms with Gasteiger partial charge in [0.2, 0.25) is 0 Å². The van der Waals surface area contributed by atoms with Crippen LogP contribution >= 0.6 is 0 Å². The first-order valence-corrected chi connectivity index (χ1v) is 10.7. The van der Waals surface area contributed by atoms with E-state index in [0.29, 0.717) is 49.5 Å². The monoisotopic (exact) mass is 416 g/mol. The molecule has 1 unspecified atom stereocenters. The second kappa shape index (κ2) is 10.1. The topological polar surface area (TPSA) is 79.3 Å². The number of rotatable bonds is 9. The highest BCUT2D eigenvalue weighted by Crippen LogP contribution is 2.34. The van der Waals surface area contributed by atoms with E-state index in [1.165, 1.54) is 4.90 Å². The maximum atomic E-state index is 13.3. The van der Waals surface area contributed by atoms with Gasteiger partial charge in [0.15, 0.2) is 0 Å². The van der Waals surface area contributed by atoms with E-state index in [0.717, 1.165) is 18.6 Å². The minimum Gasteiger partial charge on any atom is -0.491 e. The Labute approximate surface area is 178 Å². The van der Waals surface area contributed by atoms with Crippen LogP contribution in [0.5, 0.6) is 5.75 Å². The van der Waals surface area contributed by atoms with Crippen LogP contribution in [0.2, 0.25) is 0 Å². The van der Waals surface area contributed by atoms with Crippen LogP contribution in [0.4, 0.5) is 0 Å². The molecule has 0 saturated carbocycles. The van der Waals surface area contributed by atoms with E-state index >= 15 is 0 Å². The average molecular weight is 417 g/mol. The van der Waals surface area contributed by atoms with Crippen molar-refractivity contribution in [1.29, 1.82) is 0 Å². The number of aliphatic hydroxyl groups excluding tert-OH is 1. The highest BCUT2D eigenvalue weighted by Gasteiger charge is 2.42. The molecule has 1 aromatic rings. The highest BCUT2D eigenvalue weighted by atomic mass is 16.5. The summed E-state index contributed by atoms with van der Waals surface area (Å²) >= 11 is 0. The predicted molar refractivity (Wildman–Crippen MR) is 114 cm³/mol. The van der Waals surface area contributed by atoms with E-state index in [1.54, 1.807) is 7.11 Å². The van der Waals surface area contributed by atoms with Gasteiger partial charge in [-0.3, -0.25) is 14.5 Å². The minimum atomic E-state index is -0.269. The van der Waals surface area contributed by atoms with Gasteiger partial charge in [0.25, 0.3) is 11.8 Å². The Hall–Kier alpha value is -2.38. The number of nitrogens with zero attached hydrogens (tertiary/aromatic N) is 2. The molecule has 30 heavy (non-hydrogen) atoms. The Kier molecular flexibility index (Phi) is 7.50. The lowest BCUT2D eigenvalue weighted by atomic mass is 9.97. The number of hydrogen-bond acceptors (Lipinski definition) is 6. The second-order valence-electron chi connectivity index (χ2n) is 8.16. The molecule has 0 spiro atoms. The summed E-state index contributed by atoms with van der Waals surface area (Å²) in [5.74, 6) is 0.310. The quantitative estimate of drug-likeness (QED) is 0.492.